The Balaban J connectivity index is 2.61. The van der Waals surface area contributed by atoms with Gasteiger partial charge in [-0.25, -0.2) is 0 Å². The van der Waals surface area contributed by atoms with Crippen LogP contribution in [0.2, 0.25) is 0 Å². The van der Waals surface area contributed by atoms with Gasteiger partial charge in [-0.2, -0.15) is 8.78 Å². The molecule has 6 heteroatoms. The van der Waals surface area contributed by atoms with Crippen LogP contribution in [-0.2, 0) is 9.53 Å². The number of amides is 1. The summed E-state index contributed by atoms with van der Waals surface area (Å²) in [7, 11) is 0. The minimum Gasteiger partial charge on any atom is -0.322 e. The molecular formula is C10H12F2N2O2. The van der Waals surface area contributed by atoms with E-state index in [4.69, 9.17) is 0 Å². The molecule has 16 heavy (non-hydrogen) atoms. The number of aromatic nitrogens is 1. The second-order valence-corrected chi connectivity index (χ2v) is 3.22. The van der Waals surface area contributed by atoms with Crippen LogP contribution in [-0.4, -0.2) is 23.6 Å². The number of carbonyl (C=O) groups excluding carboxylic acids is 1. The minimum atomic E-state index is -2.96. The van der Waals surface area contributed by atoms with E-state index in [2.05, 4.69) is 15.0 Å². The Morgan fingerprint density at radius 3 is 2.81 bits per heavy atom. The van der Waals surface area contributed by atoms with Gasteiger partial charge in [-0.05, 0) is 25.5 Å². The van der Waals surface area contributed by atoms with Gasteiger partial charge < -0.3 is 10.1 Å². The molecule has 1 heterocycles. The number of pyridine rings is 1. The predicted molar refractivity (Wildman–Crippen MR) is 54.2 cm³/mol. The van der Waals surface area contributed by atoms with Crippen molar-refractivity contribution in [1.82, 2.24) is 4.98 Å². The highest BCUT2D eigenvalue weighted by Crippen LogP contribution is 2.12. The summed E-state index contributed by atoms with van der Waals surface area (Å²) in [4.78, 5) is 15.2. The fourth-order valence-electron chi connectivity index (χ4n) is 1.05. The smallest absolute Gasteiger partial charge is 0.322 e. The molecule has 1 aromatic rings. The van der Waals surface area contributed by atoms with Gasteiger partial charge in [0, 0.05) is 6.20 Å². The van der Waals surface area contributed by atoms with Crippen molar-refractivity contribution in [2.75, 3.05) is 5.32 Å². The number of nitrogens with one attached hydrogen (secondary N) is 1. The Kier molecular flexibility index (Phi) is 4.30. The third kappa shape index (κ3) is 3.54. The van der Waals surface area contributed by atoms with Crippen molar-refractivity contribution < 1.29 is 18.3 Å². The number of carbonyl (C=O) groups is 1. The number of hydrogen-bond donors (Lipinski definition) is 1. The van der Waals surface area contributed by atoms with E-state index in [0.29, 0.717) is 5.69 Å². The largest absolute Gasteiger partial charge is 0.346 e. The van der Waals surface area contributed by atoms with E-state index in [1.165, 1.54) is 13.1 Å². The lowest BCUT2D eigenvalue weighted by Gasteiger charge is -2.13. The molecule has 0 fully saturated rings. The summed E-state index contributed by atoms with van der Waals surface area (Å²) in [6.07, 6.45) is 1.81. The number of anilines is 1. The van der Waals surface area contributed by atoms with Crippen LogP contribution >= 0.6 is 0 Å². The van der Waals surface area contributed by atoms with Crippen molar-refractivity contribution in [2.24, 2.45) is 0 Å². The molecule has 0 radical (unpaired) electrons. The van der Waals surface area contributed by atoms with Crippen molar-refractivity contribution in [3.8, 4) is 0 Å². The van der Waals surface area contributed by atoms with E-state index in [1.807, 2.05) is 0 Å². The van der Waals surface area contributed by atoms with E-state index >= 15 is 0 Å². The Hall–Kier alpha value is -1.56. The van der Waals surface area contributed by atoms with Crippen LogP contribution in [0, 0.1) is 6.92 Å². The average molecular weight is 230 g/mol. The third-order valence-electron chi connectivity index (χ3n) is 1.97. The van der Waals surface area contributed by atoms with E-state index < -0.39 is 18.6 Å². The van der Waals surface area contributed by atoms with Crippen LogP contribution in [0.15, 0.2) is 18.5 Å². The molecule has 0 bridgehead atoms. The summed E-state index contributed by atoms with van der Waals surface area (Å²) in [5, 5.41) is 2.46. The summed E-state index contributed by atoms with van der Waals surface area (Å²) >= 11 is 0. The molecule has 1 amide bonds. The lowest BCUT2D eigenvalue weighted by atomic mass is 10.2. The van der Waals surface area contributed by atoms with E-state index in [0.717, 1.165) is 5.56 Å². The molecular weight excluding hydrogens is 218 g/mol. The Morgan fingerprint density at radius 2 is 2.25 bits per heavy atom. The van der Waals surface area contributed by atoms with Crippen molar-refractivity contribution in [2.45, 2.75) is 26.6 Å². The number of alkyl halides is 2. The van der Waals surface area contributed by atoms with Gasteiger partial charge in [0.1, 0.15) is 6.10 Å². The normalized spacial score (nSPS) is 12.6. The van der Waals surface area contributed by atoms with Gasteiger partial charge in [-0.15, -0.1) is 0 Å². The van der Waals surface area contributed by atoms with Crippen LogP contribution < -0.4 is 5.32 Å². The molecule has 0 aliphatic carbocycles. The first-order valence-electron chi connectivity index (χ1n) is 4.66. The van der Waals surface area contributed by atoms with E-state index in [9.17, 15) is 13.6 Å². The second-order valence-electron chi connectivity index (χ2n) is 3.22. The predicted octanol–water partition coefficient (Wildman–Crippen LogP) is 1.96. The standard InChI is InChI=1S/C10H12F2N2O2/c1-6-3-4-13-5-8(6)14-9(15)7(2)16-10(11)12/h3-5,7,10H,1-2H3,(H,14,15)/t7-/m1/s1. The maximum Gasteiger partial charge on any atom is 0.346 e. The van der Waals surface area contributed by atoms with Gasteiger partial charge in [-0.3, -0.25) is 9.78 Å². The number of aryl methyl sites for hydroxylation is 1. The molecule has 4 nitrogen and oxygen atoms in total. The lowest BCUT2D eigenvalue weighted by Crippen LogP contribution is -2.29. The number of nitrogens with zero attached hydrogens (tertiary/aromatic N) is 1. The first-order chi connectivity index (χ1) is 7.50. The Labute approximate surface area is 91.6 Å². The van der Waals surface area contributed by atoms with Crippen molar-refractivity contribution >= 4 is 11.6 Å². The number of ether oxygens (including phenoxy) is 1. The highest BCUT2D eigenvalue weighted by Gasteiger charge is 2.18. The summed E-state index contributed by atoms with van der Waals surface area (Å²) in [6.45, 7) is 0.0686. The molecule has 0 saturated heterocycles. The number of rotatable bonds is 4. The van der Waals surface area contributed by atoms with Crippen LogP contribution in [0.25, 0.3) is 0 Å². The van der Waals surface area contributed by atoms with Gasteiger partial charge in [0.2, 0.25) is 0 Å². The van der Waals surface area contributed by atoms with Crippen LogP contribution in [0.1, 0.15) is 12.5 Å². The molecule has 88 valence electrons. The maximum atomic E-state index is 11.8. The number of halogens is 2. The summed E-state index contributed by atoms with van der Waals surface area (Å²) in [6, 6.07) is 1.70. The third-order valence-corrected chi connectivity index (χ3v) is 1.97. The van der Waals surface area contributed by atoms with Gasteiger partial charge >= 0.3 is 6.61 Å². The van der Waals surface area contributed by atoms with E-state index in [1.54, 1.807) is 19.2 Å². The topological polar surface area (TPSA) is 51.2 Å². The molecule has 0 unspecified atom stereocenters. The fraction of sp³-hybridized carbons (Fsp3) is 0.400. The molecule has 1 atom stereocenters. The van der Waals surface area contributed by atoms with Crippen molar-refractivity contribution in [1.29, 1.82) is 0 Å². The average Bonchev–Trinajstić information content (AvgIpc) is 2.20. The molecule has 0 aliphatic rings. The molecule has 1 rings (SSSR count). The highest BCUT2D eigenvalue weighted by molar-refractivity contribution is 5.94. The molecule has 0 saturated carbocycles. The molecule has 0 aliphatic heterocycles. The first kappa shape index (κ1) is 12.5. The quantitative estimate of drug-likeness (QED) is 0.860. The maximum absolute atomic E-state index is 11.8. The molecule has 0 aromatic carbocycles. The van der Waals surface area contributed by atoms with Crippen molar-refractivity contribution in [3.63, 3.8) is 0 Å². The zero-order valence-corrected chi connectivity index (χ0v) is 8.91. The summed E-state index contributed by atoms with van der Waals surface area (Å²) in [5.41, 5.74) is 1.28. The number of hydrogen-bond acceptors (Lipinski definition) is 3. The Bertz CT molecular complexity index is 372. The van der Waals surface area contributed by atoms with Gasteiger partial charge in [0.05, 0.1) is 11.9 Å². The summed E-state index contributed by atoms with van der Waals surface area (Å²) in [5.74, 6) is -0.628. The zero-order chi connectivity index (χ0) is 12.1. The van der Waals surface area contributed by atoms with Gasteiger partial charge in [0.25, 0.3) is 5.91 Å². The van der Waals surface area contributed by atoms with Crippen LogP contribution in [0.5, 0.6) is 0 Å². The van der Waals surface area contributed by atoms with E-state index in [-0.39, 0.29) is 0 Å². The lowest BCUT2D eigenvalue weighted by molar-refractivity contribution is -0.168. The van der Waals surface area contributed by atoms with Crippen LogP contribution in [0.3, 0.4) is 0 Å². The van der Waals surface area contributed by atoms with Gasteiger partial charge in [0.15, 0.2) is 0 Å². The zero-order valence-electron chi connectivity index (χ0n) is 8.91. The highest BCUT2D eigenvalue weighted by atomic mass is 19.3. The molecule has 1 aromatic heterocycles. The monoisotopic (exact) mass is 230 g/mol. The Morgan fingerprint density at radius 1 is 1.56 bits per heavy atom. The minimum absolute atomic E-state index is 0.484. The van der Waals surface area contributed by atoms with Crippen LogP contribution in [0.4, 0.5) is 14.5 Å². The second kappa shape index (κ2) is 5.50. The first-order valence-corrected chi connectivity index (χ1v) is 4.66. The van der Waals surface area contributed by atoms with Crippen molar-refractivity contribution in [3.05, 3.63) is 24.0 Å². The molecule has 0 spiro atoms. The molecule has 1 N–H and O–H groups in total. The fourth-order valence-corrected chi connectivity index (χ4v) is 1.05. The summed E-state index contributed by atoms with van der Waals surface area (Å²) < 4.78 is 27.8. The SMILES string of the molecule is Cc1ccncc1NC(=O)[C@@H](C)OC(F)F. The van der Waals surface area contributed by atoms with Gasteiger partial charge in [-0.1, -0.05) is 0 Å².